The molecular weight excluding hydrogens is 300 g/mol. The van der Waals surface area contributed by atoms with Gasteiger partial charge in [-0.15, -0.1) is 0 Å². The van der Waals surface area contributed by atoms with Crippen molar-refractivity contribution < 1.29 is 4.79 Å². The van der Waals surface area contributed by atoms with Crippen LogP contribution in [-0.2, 0) is 0 Å². The molecule has 2 heterocycles. The van der Waals surface area contributed by atoms with Crippen LogP contribution >= 0.6 is 0 Å². The molecule has 0 spiro atoms. The molecule has 1 aromatic carbocycles. The molecule has 0 bridgehead atoms. The summed E-state index contributed by atoms with van der Waals surface area (Å²) in [4.78, 5) is 23.3. The summed E-state index contributed by atoms with van der Waals surface area (Å²) in [6.07, 6.45) is 6.38. The average molecular weight is 324 g/mol. The molecule has 5 heteroatoms. The van der Waals surface area contributed by atoms with Gasteiger partial charge in [0.15, 0.2) is 0 Å². The summed E-state index contributed by atoms with van der Waals surface area (Å²) in [6, 6.07) is 11.7. The first kappa shape index (κ1) is 16.4. The highest BCUT2D eigenvalue weighted by molar-refractivity contribution is 5.93. The van der Waals surface area contributed by atoms with Crippen LogP contribution < -0.4 is 10.2 Å². The van der Waals surface area contributed by atoms with Crippen LogP contribution in [-0.4, -0.2) is 29.0 Å². The Kier molecular flexibility index (Phi) is 5.41. The Morgan fingerprint density at radius 1 is 1.08 bits per heavy atom. The summed E-state index contributed by atoms with van der Waals surface area (Å²) in [5.41, 5.74) is 1.50. The van der Waals surface area contributed by atoms with Gasteiger partial charge in [-0.05, 0) is 25.3 Å². The second-order valence-electron chi connectivity index (χ2n) is 6.27. The fourth-order valence-corrected chi connectivity index (χ4v) is 3.04. The highest BCUT2D eigenvalue weighted by atomic mass is 16.1. The van der Waals surface area contributed by atoms with Gasteiger partial charge < -0.3 is 10.2 Å². The van der Waals surface area contributed by atoms with Crippen molar-refractivity contribution in [1.82, 2.24) is 15.3 Å². The largest absolute Gasteiger partial charge is 0.357 e. The lowest BCUT2D eigenvalue weighted by Crippen LogP contribution is -2.29. The number of nitrogens with zero attached hydrogens (tertiary/aromatic N) is 3. The third kappa shape index (κ3) is 4.10. The number of amides is 1. The minimum absolute atomic E-state index is 0.0599. The van der Waals surface area contributed by atoms with E-state index in [9.17, 15) is 4.79 Å². The van der Waals surface area contributed by atoms with E-state index >= 15 is 0 Å². The average Bonchev–Trinajstić information content (AvgIpc) is 2.92. The van der Waals surface area contributed by atoms with Crippen molar-refractivity contribution in [3.63, 3.8) is 0 Å². The number of nitrogens with one attached hydrogen (secondary N) is 1. The van der Waals surface area contributed by atoms with E-state index in [1.54, 1.807) is 6.07 Å². The zero-order valence-corrected chi connectivity index (χ0v) is 14.1. The zero-order valence-electron chi connectivity index (χ0n) is 14.1. The van der Waals surface area contributed by atoms with Crippen molar-refractivity contribution in [2.24, 2.45) is 0 Å². The Hall–Kier alpha value is -2.43. The minimum Gasteiger partial charge on any atom is -0.357 e. The van der Waals surface area contributed by atoms with Crippen LogP contribution in [0, 0.1) is 0 Å². The molecular formula is C19H24N4O. The van der Waals surface area contributed by atoms with Crippen molar-refractivity contribution in [3.05, 3.63) is 54.0 Å². The maximum Gasteiger partial charge on any atom is 0.270 e. The van der Waals surface area contributed by atoms with E-state index in [4.69, 9.17) is 0 Å². The molecule has 24 heavy (non-hydrogen) atoms. The fourth-order valence-electron chi connectivity index (χ4n) is 3.04. The smallest absolute Gasteiger partial charge is 0.270 e. The van der Waals surface area contributed by atoms with Gasteiger partial charge in [0.25, 0.3) is 5.91 Å². The lowest BCUT2D eigenvalue weighted by molar-refractivity contribution is 0.0934. The normalized spacial score (nSPS) is 16.3. The highest BCUT2D eigenvalue weighted by Gasteiger charge is 2.16. The van der Waals surface area contributed by atoms with Gasteiger partial charge in [0, 0.05) is 19.2 Å². The van der Waals surface area contributed by atoms with Crippen molar-refractivity contribution in [2.75, 3.05) is 18.0 Å². The highest BCUT2D eigenvalue weighted by Crippen LogP contribution is 2.18. The molecule has 1 aliphatic heterocycles. The molecule has 0 saturated carbocycles. The molecule has 3 rings (SSSR count). The van der Waals surface area contributed by atoms with Crippen molar-refractivity contribution in [2.45, 2.75) is 38.6 Å². The molecule has 0 radical (unpaired) electrons. The van der Waals surface area contributed by atoms with Gasteiger partial charge >= 0.3 is 0 Å². The van der Waals surface area contributed by atoms with Gasteiger partial charge in [-0.3, -0.25) is 4.79 Å². The first-order valence-electron chi connectivity index (χ1n) is 8.67. The number of hydrogen-bond donors (Lipinski definition) is 1. The summed E-state index contributed by atoms with van der Waals surface area (Å²) in [7, 11) is 0. The number of rotatable bonds is 4. The number of aromatic nitrogens is 2. The summed E-state index contributed by atoms with van der Waals surface area (Å²) < 4.78 is 0. The van der Waals surface area contributed by atoms with E-state index in [1.165, 1.54) is 32.0 Å². The molecule has 1 N–H and O–H groups in total. The quantitative estimate of drug-likeness (QED) is 0.937. The van der Waals surface area contributed by atoms with Crippen LogP contribution in [0.1, 0.15) is 54.7 Å². The van der Waals surface area contributed by atoms with Crippen LogP contribution in [0.5, 0.6) is 0 Å². The van der Waals surface area contributed by atoms with Gasteiger partial charge in [-0.1, -0.05) is 43.2 Å². The molecule has 1 aromatic heterocycles. The summed E-state index contributed by atoms with van der Waals surface area (Å²) in [5.74, 6) is 0.689. The number of carbonyl (C=O) groups excluding carboxylic acids is 1. The van der Waals surface area contributed by atoms with E-state index in [-0.39, 0.29) is 11.9 Å². The predicted molar refractivity (Wildman–Crippen MR) is 95.0 cm³/mol. The third-order valence-electron chi connectivity index (χ3n) is 4.46. The molecule has 1 unspecified atom stereocenters. The van der Waals surface area contributed by atoms with Crippen molar-refractivity contribution in [3.8, 4) is 0 Å². The van der Waals surface area contributed by atoms with Gasteiger partial charge in [-0.25, -0.2) is 9.97 Å². The molecule has 1 fully saturated rings. The van der Waals surface area contributed by atoms with Crippen LogP contribution in [0.4, 0.5) is 5.82 Å². The predicted octanol–water partition coefficient (Wildman–Crippen LogP) is 3.35. The topological polar surface area (TPSA) is 58.1 Å². The van der Waals surface area contributed by atoms with Gasteiger partial charge in [-0.2, -0.15) is 0 Å². The first-order valence-corrected chi connectivity index (χ1v) is 8.67. The van der Waals surface area contributed by atoms with Crippen LogP contribution in [0.3, 0.4) is 0 Å². The second-order valence-corrected chi connectivity index (χ2v) is 6.27. The lowest BCUT2D eigenvalue weighted by Gasteiger charge is -2.21. The van der Waals surface area contributed by atoms with E-state index in [0.29, 0.717) is 5.69 Å². The van der Waals surface area contributed by atoms with E-state index < -0.39 is 0 Å². The SMILES string of the molecule is CC(NC(=O)c1cc(N2CCCCCC2)ncn1)c1ccccc1. The Morgan fingerprint density at radius 3 is 2.50 bits per heavy atom. The Morgan fingerprint density at radius 2 is 1.79 bits per heavy atom. The number of benzene rings is 1. The monoisotopic (exact) mass is 324 g/mol. The Balaban J connectivity index is 1.70. The molecule has 0 aliphatic carbocycles. The van der Waals surface area contributed by atoms with E-state index in [1.807, 2.05) is 37.3 Å². The fraction of sp³-hybridized carbons (Fsp3) is 0.421. The maximum atomic E-state index is 12.5. The van der Waals surface area contributed by atoms with Gasteiger partial charge in [0.05, 0.1) is 6.04 Å². The Labute approximate surface area is 143 Å². The number of carbonyl (C=O) groups is 1. The standard InChI is InChI=1S/C19H24N4O/c1-15(16-9-5-4-6-10-16)22-19(24)17-13-18(21-14-20-17)23-11-7-2-3-8-12-23/h4-6,9-10,13-15H,2-3,7-8,11-12H2,1H3,(H,22,24). The van der Waals surface area contributed by atoms with Gasteiger partial charge in [0.2, 0.25) is 0 Å². The molecule has 2 aromatic rings. The summed E-state index contributed by atoms with van der Waals surface area (Å²) in [6.45, 7) is 3.97. The zero-order chi connectivity index (χ0) is 16.8. The van der Waals surface area contributed by atoms with E-state index in [0.717, 1.165) is 24.5 Å². The van der Waals surface area contributed by atoms with Crippen LogP contribution in [0.25, 0.3) is 0 Å². The first-order chi connectivity index (χ1) is 11.7. The summed E-state index contributed by atoms with van der Waals surface area (Å²) in [5, 5.41) is 3.01. The second kappa shape index (κ2) is 7.90. The van der Waals surface area contributed by atoms with Crippen molar-refractivity contribution in [1.29, 1.82) is 0 Å². The minimum atomic E-state index is -0.162. The third-order valence-corrected chi connectivity index (χ3v) is 4.46. The lowest BCUT2D eigenvalue weighted by atomic mass is 10.1. The number of anilines is 1. The molecule has 1 saturated heterocycles. The number of hydrogen-bond acceptors (Lipinski definition) is 4. The molecule has 126 valence electrons. The molecule has 1 atom stereocenters. The molecule has 5 nitrogen and oxygen atoms in total. The van der Waals surface area contributed by atoms with E-state index in [2.05, 4.69) is 20.2 Å². The van der Waals surface area contributed by atoms with Crippen LogP contribution in [0.15, 0.2) is 42.7 Å². The molecule has 1 amide bonds. The van der Waals surface area contributed by atoms with Gasteiger partial charge in [0.1, 0.15) is 17.8 Å². The van der Waals surface area contributed by atoms with Crippen LogP contribution in [0.2, 0.25) is 0 Å². The summed E-state index contributed by atoms with van der Waals surface area (Å²) >= 11 is 0. The molecule has 1 aliphatic rings. The Bertz CT molecular complexity index is 666. The maximum absolute atomic E-state index is 12.5. The van der Waals surface area contributed by atoms with Crippen molar-refractivity contribution >= 4 is 11.7 Å².